The van der Waals surface area contributed by atoms with Crippen molar-refractivity contribution in [1.29, 1.82) is 0 Å². The molecule has 0 unspecified atom stereocenters. The van der Waals surface area contributed by atoms with E-state index in [0.29, 0.717) is 35.9 Å². The summed E-state index contributed by atoms with van der Waals surface area (Å²) in [6, 6.07) is 12.9. The normalized spacial score (nSPS) is 13.4. The Hall–Kier alpha value is -3.63. The molecular weight excluding hydrogens is 446 g/mol. The fraction of sp³-hybridized carbons (Fsp3) is 0.273. The van der Waals surface area contributed by atoms with Crippen LogP contribution in [0.5, 0.6) is 5.75 Å². The summed E-state index contributed by atoms with van der Waals surface area (Å²) in [5, 5.41) is 8.78. The van der Waals surface area contributed by atoms with Gasteiger partial charge in [-0.1, -0.05) is 12.1 Å². The number of morpholine rings is 1. The van der Waals surface area contributed by atoms with Gasteiger partial charge in [-0.15, -0.1) is 0 Å². The van der Waals surface area contributed by atoms with Crippen molar-refractivity contribution in [2.24, 2.45) is 0 Å². The van der Waals surface area contributed by atoms with E-state index in [4.69, 9.17) is 21.1 Å². The van der Waals surface area contributed by atoms with Crippen molar-refractivity contribution in [3.8, 4) is 5.75 Å². The van der Waals surface area contributed by atoms with Gasteiger partial charge in [-0.25, -0.2) is 0 Å². The molecule has 0 spiro atoms. The summed E-state index contributed by atoms with van der Waals surface area (Å²) in [4.78, 5) is 27.1. The first-order valence-electron chi connectivity index (χ1n) is 10.3. The van der Waals surface area contributed by atoms with Gasteiger partial charge in [0.25, 0.3) is 5.91 Å². The lowest BCUT2D eigenvalue weighted by Crippen LogP contribution is -2.36. The number of carbonyl (C=O) groups is 1. The molecule has 172 valence electrons. The molecule has 4 rings (SSSR count). The molecule has 0 saturated carbocycles. The average molecular weight is 470 g/mol. The molecule has 1 aliphatic rings. The monoisotopic (exact) mass is 469 g/mol. The van der Waals surface area contributed by atoms with Crippen LogP contribution in [0, 0.1) is 0 Å². The Labute approximate surface area is 196 Å². The summed E-state index contributed by atoms with van der Waals surface area (Å²) in [6.45, 7) is 3.05. The third-order valence-corrected chi connectivity index (χ3v) is 5.23. The number of hydrogen-bond acceptors (Lipinski definition) is 9. The maximum Gasteiger partial charge on any atom is 0.253 e. The van der Waals surface area contributed by atoms with Crippen molar-refractivity contribution in [3.05, 3.63) is 53.3 Å². The number of hydrogen-bond donors (Lipinski definition) is 3. The summed E-state index contributed by atoms with van der Waals surface area (Å²) >= 11 is 6.14. The number of ether oxygens (including phenoxy) is 2. The quantitative estimate of drug-likeness (QED) is 0.479. The second kappa shape index (κ2) is 10.3. The highest BCUT2D eigenvalue weighted by molar-refractivity contribution is 6.28. The molecule has 11 heteroatoms. The topological polar surface area (TPSA) is 114 Å². The zero-order valence-corrected chi connectivity index (χ0v) is 19.0. The summed E-state index contributed by atoms with van der Waals surface area (Å²) in [6.07, 6.45) is 0. The molecule has 1 amide bonds. The first-order chi connectivity index (χ1) is 16.1. The minimum Gasteiger partial charge on any atom is -0.494 e. The zero-order chi connectivity index (χ0) is 23.2. The molecule has 10 nitrogen and oxygen atoms in total. The van der Waals surface area contributed by atoms with E-state index in [-0.39, 0.29) is 23.1 Å². The van der Waals surface area contributed by atoms with E-state index in [0.717, 1.165) is 18.8 Å². The van der Waals surface area contributed by atoms with Gasteiger partial charge in [0, 0.05) is 31.9 Å². The fourth-order valence-electron chi connectivity index (χ4n) is 3.43. The Bertz CT molecular complexity index is 1140. The van der Waals surface area contributed by atoms with Gasteiger partial charge in [-0.3, -0.25) is 4.79 Å². The number of anilines is 5. The average Bonchev–Trinajstić information content (AvgIpc) is 2.84. The summed E-state index contributed by atoms with van der Waals surface area (Å²) in [5.41, 5.74) is 2.71. The molecule has 1 aliphatic heterocycles. The molecular formula is C22H24ClN7O3. The fourth-order valence-corrected chi connectivity index (χ4v) is 3.59. The molecule has 3 aromatic rings. The highest BCUT2D eigenvalue weighted by Crippen LogP contribution is 2.32. The molecule has 2 aromatic carbocycles. The van der Waals surface area contributed by atoms with Crippen molar-refractivity contribution in [2.45, 2.75) is 0 Å². The first kappa shape index (κ1) is 22.6. The summed E-state index contributed by atoms with van der Waals surface area (Å²) in [7, 11) is 3.17. The Balaban J connectivity index is 1.57. The van der Waals surface area contributed by atoms with Gasteiger partial charge in [0.15, 0.2) is 0 Å². The molecule has 33 heavy (non-hydrogen) atoms. The maximum atomic E-state index is 12.1. The van der Waals surface area contributed by atoms with Crippen LogP contribution in [-0.2, 0) is 4.74 Å². The van der Waals surface area contributed by atoms with Crippen LogP contribution in [0.2, 0.25) is 5.28 Å². The predicted molar refractivity (Wildman–Crippen MR) is 127 cm³/mol. The third kappa shape index (κ3) is 5.41. The highest BCUT2D eigenvalue weighted by atomic mass is 35.5. The number of aromatic nitrogens is 3. The van der Waals surface area contributed by atoms with Gasteiger partial charge < -0.3 is 30.3 Å². The van der Waals surface area contributed by atoms with Crippen molar-refractivity contribution in [1.82, 2.24) is 20.3 Å². The zero-order valence-electron chi connectivity index (χ0n) is 18.3. The van der Waals surface area contributed by atoms with Crippen LogP contribution < -0.4 is 25.6 Å². The minimum absolute atomic E-state index is 0.00340. The van der Waals surface area contributed by atoms with Gasteiger partial charge in [0.05, 0.1) is 37.3 Å². The number of nitrogens with zero attached hydrogens (tertiary/aromatic N) is 4. The van der Waals surface area contributed by atoms with E-state index in [1.165, 1.54) is 0 Å². The lowest BCUT2D eigenvalue weighted by molar-refractivity contribution is 0.0964. The van der Waals surface area contributed by atoms with Crippen molar-refractivity contribution < 1.29 is 14.3 Å². The Morgan fingerprint density at radius 1 is 1.03 bits per heavy atom. The lowest BCUT2D eigenvalue weighted by Gasteiger charge is -2.29. The molecule has 0 atom stereocenters. The van der Waals surface area contributed by atoms with Crippen LogP contribution in [0.3, 0.4) is 0 Å². The number of rotatable bonds is 7. The van der Waals surface area contributed by atoms with Gasteiger partial charge >= 0.3 is 0 Å². The number of para-hydroxylation sites is 1. The molecule has 1 fully saturated rings. The molecule has 0 aliphatic carbocycles. The number of benzene rings is 2. The van der Waals surface area contributed by atoms with Crippen LogP contribution in [0.25, 0.3) is 0 Å². The molecule has 0 bridgehead atoms. The highest BCUT2D eigenvalue weighted by Gasteiger charge is 2.16. The Morgan fingerprint density at radius 2 is 1.73 bits per heavy atom. The van der Waals surface area contributed by atoms with E-state index >= 15 is 0 Å². The molecule has 1 aromatic heterocycles. The summed E-state index contributed by atoms with van der Waals surface area (Å²) in [5.74, 6) is 0.821. The standard InChI is InChI=1S/C22H24ClN7O3/c1-24-19(31)15-5-3-4-6-16(15)25-21-27-20(23)28-22(29-21)26-17-8-7-14(13-18(17)32-2)30-9-11-33-12-10-30/h3-8,13H,9-12H2,1-2H3,(H,24,31)(H2,25,26,27,28,29). The molecule has 2 heterocycles. The molecule has 3 N–H and O–H groups in total. The molecule has 0 radical (unpaired) electrons. The Morgan fingerprint density at radius 3 is 2.42 bits per heavy atom. The van der Waals surface area contributed by atoms with Gasteiger partial charge in [-0.05, 0) is 35.9 Å². The van der Waals surface area contributed by atoms with Crippen LogP contribution >= 0.6 is 11.6 Å². The minimum atomic E-state index is -0.235. The molecule has 1 saturated heterocycles. The number of amides is 1. The Kier molecular flexibility index (Phi) is 7.06. The van der Waals surface area contributed by atoms with E-state index in [1.807, 2.05) is 18.2 Å². The third-order valence-electron chi connectivity index (χ3n) is 5.06. The number of nitrogens with one attached hydrogen (secondary N) is 3. The van der Waals surface area contributed by atoms with Crippen molar-refractivity contribution >= 4 is 46.5 Å². The van der Waals surface area contributed by atoms with Crippen LogP contribution in [0.1, 0.15) is 10.4 Å². The predicted octanol–water partition coefficient (Wildman–Crippen LogP) is 3.22. The summed E-state index contributed by atoms with van der Waals surface area (Å²) < 4.78 is 11.0. The van der Waals surface area contributed by atoms with E-state index in [9.17, 15) is 4.79 Å². The second-order valence-electron chi connectivity index (χ2n) is 7.11. The number of methoxy groups -OCH3 is 1. The van der Waals surface area contributed by atoms with E-state index in [1.54, 1.807) is 38.4 Å². The van der Waals surface area contributed by atoms with E-state index < -0.39 is 0 Å². The van der Waals surface area contributed by atoms with Gasteiger partial charge in [0.2, 0.25) is 17.2 Å². The second-order valence-corrected chi connectivity index (χ2v) is 7.45. The maximum absolute atomic E-state index is 12.1. The first-order valence-corrected chi connectivity index (χ1v) is 10.7. The SMILES string of the molecule is CNC(=O)c1ccccc1Nc1nc(Cl)nc(Nc2ccc(N3CCOCC3)cc2OC)n1. The van der Waals surface area contributed by atoms with Crippen LogP contribution in [0.15, 0.2) is 42.5 Å². The van der Waals surface area contributed by atoms with Crippen LogP contribution in [-0.4, -0.2) is 61.3 Å². The number of halogens is 1. The smallest absolute Gasteiger partial charge is 0.253 e. The van der Waals surface area contributed by atoms with Crippen molar-refractivity contribution in [3.63, 3.8) is 0 Å². The van der Waals surface area contributed by atoms with Gasteiger partial charge in [-0.2, -0.15) is 15.0 Å². The van der Waals surface area contributed by atoms with Crippen molar-refractivity contribution in [2.75, 3.05) is 56.0 Å². The lowest BCUT2D eigenvalue weighted by atomic mass is 10.1. The largest absolute Gasteiger partial charge is 0.494 e. The van der Waals surface area contributed by atoms with Gasteiger partial charge in [0.1, 0.15) is 5.75 Å². The number of carbonyl (C=O) groups excluding carboxylic acids is 1. The van der Waals surface area contributed by atoms with E-state index in [2.05, 4.69) is 35.8 Å². The van der Waals surface area contributed by atoms with Crippen LogP contribution in [0.4, 0.5) is 29.0 Å².